The van der Waals surface area contributed by atoms with Crippen LogP contribution in [0.15, 0.2) is 29.2 Å². The Labute approximate surface area is 151 Å². The van der Waals surface area contributed by atoms with Crippen molar-refractivity contribution >= 4 is 34.1 Å². The number of hydrogen-bond acceptors (Lipinski definition) is 5. The maximum Gasteiger partial charge on any atom is 0.226 e. The van der Waals surface area contributed by atoms with Gasteiger partial charge in [-0.2, -0.15) is 0 Å². The number of hydrogen-bond donors (Lipinski definition) is 1. The summed E-state index contributed by atoms with van der Waals surface area (Å²) in [6, 6.07) is 7.90. The first-order valence-electron chi connectivity index (χ1n) is 8.30. The Morgan fingerprint density at radius 3 is 2.83 bits per heavy atom. The van der Waals surface area contributed by atoms with Crippen molar-refractivity contribution in [2.75, 3.05) is 18.2 Å². The van der Waals surface area contributed by atoms with Crippen molar-refractivity contribution in [1.29, 1.82) is 0 Å². The third kappa shape index (κ3) is 4.74. The quantitative estimate of drug-likeness (QED) is 0.605. The summed E-state index contributed by atoms with van der Waals surface area (Å²) in [6.45, 7) is 0. The van der Waals surface area contributed by atoms with Crippen LogP contribution in [-0.4, -0.2) is 23.8 Å². The molecule has 3 rings (SSSR count). The average molecular weight is 363 g/mol. The predicted molar refractivity (Wildman–Crippen MR) is 100 cm³/mol. The van der Waals surface area contributed by atoms with Crippen LogP contribution >= 0.6 is 23.1 Å². The fourth-order valence-electron chi connectivity index (χ4n) is 2.70. The molecule has 0 fully saturated rings. The Morgan fingerprint density at radius 1 is 1.25 bits per heavy atom. The van der Waals surface area contributed by atoms with E-state index in [4.69, 9.17) is 4.74 Å². The highest BCUT2D eigenvalue weighted by molar-refractivity contribution is 7.99. The molecular formula is C18H22N2O2S2. The van der Waals surface area contributed by atoms with Crippen LogP contribution in [0.3, 0.4) is 0 Å². The smallest absolute Gasteiger partial charge is 0.226 e. The van der Waals surface area contributed by atoms with Crippen molar-refractivity contribution in [3.05, 3.63) is 34.8 Å². The van der Waals surface area contributed by atoms with Gasteiger partial charge in [0.25, 0.3) is 0 Å². The largest absolute Gasteiger partial charge is 0.497 e. The van der Waals surface area contributed by atoms with Gasteiger partial charge in [-0.15, -0.1) is 23.1 Å². The summed E-state index contributed by atoms with van der Waals surface area (Å²) in [6.07, 6.45) is 6.38. The molecule has 0 atom stereocenters. The summed E-state index contributed by atoms with van der Waals surface area (Å²) in [5.41, 5.74) is 1.19. The number of nitrogens with zero attached hydrogens (tertiary/aromatic N) is 1. The Hall–Kier alpha value is -1.53. The molecule has 1 amide bonds. The highest BCUT2D eigenvalue weighted by atomic mass is 32.2. The number of ether oxygens (including phenoxy) is 1. The summed E-state index contributed by atoms with van der Waals surface area (Å²) in [7, 11) is 1.66. The number of benzene rings is 1. The molecule has 128 valence electrons. The van der Waals surface area contributed by atoms with Crippen LogP contribution < -0.4 is 10.1 Å². The number of carbonyl (C=O) groups excluding carboxylic acids is 1. The molecule has 0 bridgehead atoms. The van der Waals surface area contributed by atoms with Crippen LogP contribution in [0.2, 0.25) is 0 Å². The van der Waals surface area contributed by atoms with Gasteiger partial charge in [0.15, 0.2) is 5.13 Å². The Balaban J connectivity index is 1.45. The number of fused-ring (bicyclic) bond motifs is 1. The minimum Gasteiger partial charge on any atom is -0.497 e. The third-order valence-electron chi connectivity index (χ3n) is 4.00. The molecule has 1 heterocycles. The van der Waals surface area contributed by atoms with Crippen LogP contribution in [0.1, 0.15) is 36.3 Å². The lowest BCUT2D eigenvalue weighted by atomic mass is 10.2. The van der Waals surface area contributed by atoms with Crippen molar-refractivity contribution in [1.82, 2.24) is 4.98 Å². The fraction of sp³-hybridized carbons (Fsp3) is 0.444. The lowest BCUT2D eigenvalue weighted by Crippen LogP contribution is -2.12. The number of rotatable bonds is 6. The molecule has 0 saturated carbocycles. The van der Waals surface area contributed by atoms with Gasteiger partial charge in [0.2, 0.25) is 5.91 Å². The normalized spacial score (nSPS) is 13.9. The molecule has 6 heteroatoms. The molecule has 0 saturated heterocycles. The van der Waals surface area contributed by atoms with Crippen LogP contribution in [0.25, 0.3) is 0 Å². The molecule has 1 aromatic carbocycles. The van der Waals surface area contributed by atoms with Crippen molar-refractivity contribution < 1.29 is 9.53 Å². The van der Waals surface area contributed by atoms with E-state index in [-0.39, 0.29) is 5.91 Å². The third-order valence-corrected chi connectivity index (χ3v) is 6.09. The first-order valence-corrected chi connectivity index (χ1v) is 10.1. The fourth-order valence-corrected chi connectivity index (χ4v) is 4.62. The number of carbonyl (C=O) groups is 1. The first kappa shape index (κ1) is 17.3. The monoisotopic (exact) mass is 362 g/mol. The molecule has 0 aliphatic heterocycles. The van der Waals surface area contributed by atoms with Gasteiger partial charge in [0.1, 0.15) is 5.75 Å². The predicted octanol–water partition coefficient (Wildman–Crippen LogP) is 4.54. The van der Waals surface area contributed by atoms with Crippen molar-refractivity contribution in [3.8, 4) is 5.75 Å². The summed E-state index contributed by atoms with van der Waals surface area (Å²) in [5.74, 6) is 1.64. The van der Waals surface area contributed by atoms with E-state index >= 15 is 0 Å². The van der Waals surface area contributed by atoms with Gasteiger partial charge < -0.3 is 10.1 Å². The lowest BCUT2D eigenvalue weighted by molar-refractivity contribution is -0.115. The Bertz CT molecular complexity index is 659. The molecule has 0 unspecified atom stereocenters. The summed E-state index contributed by atoms with van der Waals surface area (Å²) >= 11 is 3.32. The summed E-state index contributed by atoms with van der Waals surface area (Å²) in [5, 5.41) is 3.72. The molecule has 0 spiro atoms. The molecule has 1 aliphatic rings. The van der Waals surface area contributed by atoms with E-state index in [1.165, 1.54) is 29.8 Å². The van der Waals surface area contributed by atoms with E-state index in [1.807, 2.05) is 24.3 Å². The highest BCUT2D eigenvalue weighted by Crippen LogP contribution is 2.29. The molecule has 4 nitrogen and oxygen atoms in total. The second-order valence-corrected chi connectivity index (χ2v) is 8.02. The van der Waals surface area contributed by atoms with Crippen LogP contribution in [0, 0.1) is 0 Å². The van der Waals surface area contributed by atoms with E-state index in [0.29, 0.717) is 6.42 Å². The SMILES string of the molecule is COc1ccc(SCCC(=O)Nc2nc3c(s2)CCCCC3)cc1. The standard InChI is InChI=1S/C18H22N2O2S2/c1-22-13-7-9-14(10-8-13)23-12-11-17(21)20-18-19-15-5-3-2-4-6-16(15)24-18/h7-10H,2-6,11-12H2,1H3,(H,19,20,21). The number of amides is 1. The number of thiazole rings is 1. The summed E-state index contributed by atoms with van der Waals surface area (Å²) in [4.78, 5) is 19.2. The topological polar surface area (TPSA) is 51.2 Å². The molecule has 0 radical (unpaired) electrons. The zero-order valence-corrected chi connectivity index (χ0v) is 15.5. The van der Waals surface area contributed by atoms with Crippen molar-refractivity contribution in [2.24, 2.45) is 0 Å². The molecular weight excluding hydrogens is 340 g/mol. The van der Waals surface area contributed by atoms with Gasteiger partial charge in [-0.1, -0.05) is 6.42 Å². The van der Waals surface area contributed by atoms with E-state index in [1.54, 1.807) is 30.2 Å². The van der Waals surface area contributed by atoms with E-state index in [2.05, 4.69) is 10.3 Å². The van der Waals surface area contributed by atoms with Crippen molar-refractivity contribution in [2.45, 2.75) is 43.4 Å². The van der Waals surface area contributed by atoms with Gasteiger partial charge in [-0.05, 0) is 49.9 Å². The number of anilines is 1. The minimum atomic E-state index is 0.0416. The van der Waals surface area contributed by atoms with Crippen LogP contribution in [-0.2, 0) is 17.6 Å². The molecule has 1 aromatic heterocycles. The van der Waals surface area contributed by atoms with Crippen molar-refractivity contribution in [3.63, 3.8) is 0 Å². The molecule has 1 N–H and O–H groups in total. The number of methoxy groups -OCH3 is 1. The van der Waals surface area contributed by atoms with Gasteiger partial charge >= 0.3 is 0 Å². The van der Waals surface area contributed by atoms with Gasteiger partial charge in [-0.25, -0.2) is 4.98 Å². The van der Waals surface area contributed by atoms with E-state index < -0.39 is 0 Å². The number of nitrogens with one attached hydrogen (secondary N) is 1. The Morgan fingerprint density at radius 2 is 2.04 bits per heavy atom. The van der Waals surface area contributed by atoms with Crippen LogP contribution in [0.4, 0.5) is 5.13 Å². The first-order chi connectivity index (χ1) is 11.7. The zero-order chi connectivity index (χ0) is 16.8. The number of aromatic nitrogens is 1. The number of aryl methyl sites for hydroxylation is 2. The van der Waals surface area contributed by atoms with Gasteiger partial charge in [0.05, 0.1) is 12.8 Å². The molecule has 1 aliphatic carbocycles. The second kappa shape index (κ2) is 8.53. The molecule has 2 aromatic rings. The summed E-state index contributed by atoms with van der Waals surface area (Å²) < 4.78 is 5.14. The lowest BCUT2D eigenvalue weighted by Gasteiger charge is -2.04. The highest BCUT2D eigenvalue weighted by Gasteiger charge is 2.15. The van der Waals surface area contributed by atoms with Gasteiger partial charge in [0, 0.05) is 21.9 Å². The second-order valence-electron chi connectivity index (χ2n) is 5.77. The molecule has 24 heavy (non-hydrogen) atoms. The Kier molecular flexibility index (Phi) is 6.15. The zero-order valence-electron chi connectivity index (χ0n) is 13.8. The average Bonchev–Trinajstić information content (AvgIpc) is 2.83. The number of thioether (sulfide) groups is 1. The van der Waals surface area contributed by atoms with Crippen LogP contribution in [0.5, 0.6) is 5.75 Å². The maximum atomic E-state index is 12.1. The van der Waals surface area contributed by atoms with Gasteiger partial charge in [-0.3, -0.25) is 4.79 Å². The van der Waals surface area contributed by atoms with E-state index in [9.17, 15) is 4.79 Å². The minimum absolute atomic E-state index is 0.0416. The van der Waals surface area contributed by atoms with E-state index in [0.717, 1.165) is 34.4 Å². The maximum absolute atomic E-state index is 12.1.